The Morgan fingerprint density at radius 3 is 1.25 bits per heavy atom. The van der Waals surface area contributed by atoms with E-state index in [1.54, 1.807) is 26.0 Å². The van der Waals surface area contributed by atoms with Crippen LogP contribution in [0.25, 0.3) is 11.5 Å². The third-order valence-electron chi connectivity index (χ3n) is 8.82. The van der Waals surface area contributed by atoms with Gasteiger partial charge in [0.2, 0.25) is 23.1 Å². The minimum Gasteiger partial charge on any atom is -0.508 e. The normalized spacial score (nSPS) is 23.5. The summed E-state index contributed by atoms with van der Waals surface area (Å²) in [6.45, 7) is 15.0. The topological polar surface area (TPSA) is 127 Å². The maximum atomic E-state index is 12.4. The quantitative estimate of drug-likeness (QED) is 0.431. The smallest absolute Gasteiger partial charge is 0.234 e. The van der Waals surface area contributed by atoms with Crippen molar-refractivity contribution in [3.05, 3.63) is 68.8 Å². The molecule has 0 aromatic heterocycles. The summed E-state index contributed by atoms with van der Waals surface area (Å²) >= 11 is 0. The first-order valence-corrected chi connectivity index (χ1v) is 13.2. The van der Waals surface area contributed by atoms with Crippen molar-refractivity contribution in [1.82, 2.24) is 0 Å². The number of hydrogen-bond acceptors (Lipinski definition) is 8. The summed E-state index contributed by atoms with van der Waals surface area (Å²) in [6.07, 6.45) is -0.355. The van der Waals surface area contributed by atoms with Crippen LogP contribution in [0.4, 0.5) is 0 Å². The van der Waals surface area contributed by atoms with Crippen LogP contribution in [0, 0.1) is 24.7 Å². The van der Waals surface area contributed by atoms with E-state index in [0.717, 1.165) is 11.1 Å². The van der Waals surface area contributed by atoms with E-state index in [1.165, 1.54) is 12.1 Å². The summed E-state index contributed by atoms with van der Waals surface area (Å²) in [5, 5.41) is 19.3. The zero-order chi connectivity index (χ0) is 29.6. The monoisotopic (exact) mass is 544 g/mol. The van der Waals surface area contributed by atoms with E-state index in [1.807, 2.05) is 41.5 Å². The lowest BCUT2D eigenvalue weighted by Gasteiger charge is -2.24. The molecule has 208 valence electrons. The highest BCUT2D eigenvalue weighted by atomic mass is 16.5. The summed E-state index contributed by atoms with van der Waals surface area (Å²) in [4.78, 5) is 49.4. The van der Waals surface area contributed by atoms with Crippen LogP contribution in [-0.4, -0.2) is 45.6 Å². The van der Waals surface area contributed by atoms with Gasteiger partial charge in [-0.2, -0.15) is 0 Å². The van der Waals surface area contributed by atoms with E-state index >= 15 is 0 Å². The van der Waals surface area contributed by atoms with Crippen LogP contribution < -0.4 is 0 Å². The second kappa shape index (κ2) is 8.65. The molecule has 0 radical (unpaired) electrons. The maximum absolute atomic E-state index is 12.4. The Morgan fingerprint density at radius 1 is 0.600 bits per heavy atom. The number of carbonyl (C=O) groups excluding carboxylic acids is 4. The van der Waals surface area contributed by atoms with Crippen LogP contribution in [0.2, 0.25) is 0 Å². The second-order valence-corrected chi connectivity index (χ2v) is 12.1. The molecule has 2 atom stereocenters. The van der Waals surface area contributed by atoms with Gasteiger partial charge in [0.15, 0.2) is 0 Å². The molecule has 4 aliphatic rings. The molecular formula is C32H32O8. The first kappa shape index (κ1) is 27.4. The highest BCUT2D eigenvalue weighted by molar-refractivity contribution is 6.53. The van der Waals surface area contributed by atoms with E-state index in [-0.39, 0.29) is 34.8 Å². The van der Waals surface area contributed by atoms with Crippen molar-refractivity contribution in [2.45, 2.75) is 67.6 Å². The molecule has 2 N–H and O–H groups in total. The first-order chi connectivity index (χ1) is 18.5. The molecule has 0 bridgehead atoms. The lowest BCUT2D eigenvalue weighted by Crippen LogP contribution is -2.32. The van der Waals surface area contributed by atoms with Crippen LogP contribution >= 0.6 is 0 Å². The summed E-state index contributed by atoms with van der Waals surface area (Å²) in [5.41, 5.74) is 3.13. The summed E-state index contributed by atoms with van der Waals surface area (Å²) < 4.78 is 11.7. The summed E-state index contributed by atoms with van der Waals surface area (Å²) in [6, 6.07) is 5.83. The van der Waals surface area contributed by atoms with Gasteiger partial charge in [-0.3, -0.25) is 19.2 Å². The first-order valence-electron chi connectivity index (χ1n) is 13.2. The third-order valence-corrected chi connectivity index (χ3v) is 8.82. The molecule has 6 rings (SSSR count). The Hall–Kier alpha value is -4.20. The molecule has 8 heteroatoms. The largest absolute Gasteiger partial charge is 0.508 e. The lowest BCUT2D eigenvalue weighted by atomic mass is 9.74. The van der Waals surface area contributed by atoms with Gasteiger partial charge in [-0.1, -0.05) is 27.7 Å². The molecule has 2 aromatic rings. The van der Waals surface area contributed by atoms with Crippen molar-refractivity contribution in [3.8, 4) is 11.5 Å². The zero-order valence-corrected chi connectivity index (χ0v) is 23.8. The number of hydrogen-bond donors (Lipinski definition) is 2. The maximum Gasteiger partial charge on any atom is 0.234 e. The third kappa shape index (κ3) is 3.65. The molecule has 2 aliphatic heterocycles. The Labute approximate surface area is 232 Å². The fraction of sp³-hybridized carbons (Fsp3) is 0.375. The minimum atomic E-state index is -0.566. The van der Waals surface area contributed by atoms with E-state index < -0.39 is 34.0 Å². The second-order valence-electron chi connectivity index (χ2n) is 12.1. The zero-order valence-electron chi connectivity index (χ0n) is 23.8. The van der Waals surface area contributed by atoms with Crippen LogP contribution in [0.3, 0.4) is 0 Å². The average Bonchev–Trinajstić information content (AvgIpc) is 3.22. The van der Waals surface area contributed by atoms with Crippen LogP contribution in [0.1, 0.15) is 84.5 Å². The van der Waals surface area contributed by atoms with Gasteiger partial charge < -0.3 is 19.7 Å². The van der Waals surface area contributed by atoms with Crippen LogP contribution in [-0.2, 0) is 19.1 Å². The molecule has 40 heavy (non-hydrogen) atoms. The SMILES string of the molecule is Cc1cc(O)cc2c1C1=C(C(=O)C2=O)C(C)(C)[C@H](C)O1.Cc1cc(O)cc2c1C1=C(C(=O)C2=O)C(C)(C)[C@H](C)O1. The number of aryl methyl sites for hydroxylation is 2. The molecule has 0 spiro atoms. The van der Waals surface area contributed by atoms with Gasteiger partial charge in [0.25, 0.3) is 0 Å². The molecule has 0 fully saturated rings. The molecule has 0 saturated heterocycles. The minimum absolute atomic E-state index is 0.0169. The predicted octanol–water partition coefficient (Wildman–Crippen LogP) is 5.24. The van der Waals surface area contributed by atoms with Crippen molar-refractivity contribution in [1.29, 1.82) is 0 Å². The molecule has 0 amide bonds. The van der Waals surface area contributed by atoms with Gasteiger partial charge >= 0.3 is 0 Å². The summed E-state index contributed by atoms with van der Waals surface area (Å²) in [7, 11) is 0. The van der Waals surface area contributed by atoms with Gasteiger partial charge in [0.05, 0.1) is 11.1 Å². The molecule has 2 aliphatic carbocycles. The lowest BCUT2D eigenvalue weighted by molar-refractivity contribution is -0.113. The molecular weight excluding hydrogens is 512 g/mol. The average molecular weight is 545 g/mol. The van der Waals surface area contributed by atoms with Gasteiger partial charge in [0, 0.05) is 33.1 Å². The van der Waals surface area contributed by atoms with Crippen molar-refractivity contribution in [3.63, 3.8) is 0 Å². The number of carbonyl (C=O) groups is 4. The molecule has 0 unspecified atom stereocenters. The van der Waals surface area contributed by atoms with Crippen molar-refractivity contribution >= 4 is 34.7 Å². The van der Waals surface area contributed by atoms with Crippen LogP contribution in [0.5, 0.6) is 11.5 Å². The number of phenols is 2. The number of fused-ring (bicyclic) bond motifs is 4. The highest BCUT2D eigenvalue weighted by Crippen LogP contribution is 2.51. The molecule has 2 aromatic carbocycles. The van der Waals surface area contributed by atoms with E-state index in [4.69, 9.17) is 9.47 Å². The number of ether oxygens (including phenoxy) is 2. The molecule has 2 heterocycles. The van der Waals surface area contributed by atoms with Crippen molar-refractivity contribution in [2.24, 2.45) is 10.8 Å². The van der Waals surface area contributed by atoms with Gasteiger partial charge in [0.1, 0.15) is 35.2 Å². The van der Waals surface area contributed by atoms with Crippen molar-refractivity contribution in [2.75, 3.05) is 0 Å². The Kier molecular flexibility index (Phi) is 5.92. The summed E-state index contributed by atoms with van der Waals surface area (Å²) in [5.74, 6) is -1.21. The predicted molar refractivity (Wildman–Crippen MR) is 147 cm³/mol. The van der Waals surface area contributed by atoms with E-state index in [9.17, 15) is 29.4 Å². The van der Waals surface area contributed by atoms with Gasteiger partial charge in [-0.05, 0) is 63.1 Å². The standard InChI is InChI=1S/2C16H16O4/c2*1-7-5-9(17)6-10-11(7)15-12(14(19)13(10)18)16(3,4)8(2)20-15/h2*5-6,8,17H,1-4H3/t2*8-/m00/s1. The highest BCUT2D eigenvalue weighted by Gasteiger charge is 2.51. The van der Waals surface area contributed by atoms with Crippen molar-refractivity contribution < 1.29 is 38.9 Å². The number of Topliss-reactive ketones (excluding diaryl/α,β-unsaturated/α-hetero) is 4. The Bertz CT molecular complexity index is 1510. The van der Waals surface area contributed by atoms with E-state index in [0.29, 0.717) is 33.8 Å². The van der Waals surface area contributed by atoms with Gasteiger partial charge in [-0.15, -0.1) is 0 Å². The van der Waals surface area contributed by atoms with Crippen LogP contribution in [0.15, 0.2) is 35.4 Å². The number of rotatable bonds is 0. The van der Waals surface area contributed by atoms with E-state index in [2.05, 4.69) is 0 Å². The fourth-order valence-corrected chi connectivity index (χ4v) is 5.89. The number of phenolic OH excluding ortho intramolecular Hbond substituents is 2. The molecule has 8 nitrogen and oxygen atoms in total. The Balaban J connectivity index is 0.000000161. The number of ketones is 4. The molecule has 0 saturated carbocycles. The Morgan fingerprint density at radius 2 is 0.925 bits per heavy atom. The number of benzene rings is 2. The van der Waals surface area contributed by atoms with Gasteiger partial charge in [-0.25, -0.2) is 0 Å². The fourth-order valence-electron chi connectivity index (χ4n) is 5.89. The number of aromatic hydroxyl groups is 2.